The zero-order chi connectivity index (χ0) is 18.4. The summed E-state index contributed by atoms with van der Waals surface area (Å²) in [5.41, 5.74) is -1.04. The monoisotopic (exact) mass is 368 g/mol. The molecule has 25 heavy (non-hydrogen) atoms. The maximum Gasteiger partial charge on any atom is 0.338 e. The zero-order valence-electron chi connectivity index (χ0n) is 13.6. The van der Waals surface area contributed by atoms with E-state index in [1.54, 1.807) is 0 Å². The number of hydrogen-bond donors (Lipinski definition) is 1. The summed E-state index contributed by atoms with van der Waals surface area (Å²) in [5.74, 6) is -0.219. The van der Waals surface area contributed by atoms with E-state index in [2.05, 4.69) is 0 Å². The highest BCUT2D eigenvalue weighted by Crippen LogP contribution is 2.26. The van der Waals surface area contributed by atoms with Gasteiger partial charge >= 0.3 is 5.97 Å². The van der Waals surface area contributed by atoms with Crippen molar-refractivity contribution in [3.63, 3.8) is 0 Å². The van der Waals surface area contributed by atoms with E-state index in [9.17, 15) is 22.8 Å². The number of benzene rings is 1. The summed E-state index contributed by atoms with van der Waals surface area (Å²) in [6, 6.07) is 1.98. The second-order valence-corrected chi connectivity index (χ2v) is 7.48. The first-order valence-electron chi connectivity index (χ1n) is 8.10. The Morgan fingerprint density at radius 2 is 1.68 bits per heavy atom. The van der Waals surface area contributed by atoms with Crippen molar-refractivity contribution in [3.8, 4) is 0 Å². The molecule has 0 atom stereocenters. The Morgan fingerprint density at radius 3 is 2.16 bits per heavy atom. The Hall–Kier alpha value is -2.06. The molecule has 1 N–H and O–H groups in total. The van der Waals surface area contributed by atoms with Crippen LogP contribution in [-0.2, 0) is 14.9 Å². The van der Waals surface area contributed by atoms with E-state index in [0.717, 1.165) is 31.4 Å². The second-order valence-electron chi connectivity index (χ2n) is 6.12. The quantitative estimate of drug-likeness (QED) is 0.447. The summed E-state index contributed by atoms with van der Waals surface area (Å²) >= 11 is 0. The highest BCUT2D eigenvalue weighted by atomic mass is 32.2. The molecule has 1 saturated carbocycles. The smallest absolute Gasteiger partial charge is 0.338 e. The molecule has 0 aromatic heterocycles. The minimum atomic E-state index is -4.78. The maximum atomic E-state index is 12.1. The standard InChI is InChI=1S/C17H20O7S/c18-10-14-8-13(9-15(11-19)16(14)25(21,22)23)17(20)24-7-6-12-4-2-1-3-5-12/h8-12H,1-7H2,(H,21,22,23). The first-order chi connectivity index (χ1) is 11.9. The molecular weight excluding hydrogens is 348 g/mol. The molecule has 7 nitrogen and oxygen atoms in total. The van der Waals surface area contributed by atoms with Crippen molar-refractivity contribution in [2.24, 2.45) is 5.92 Å². The minimum absolute atomic E-state index is 0.111. The van der Waals surface area contributed by atoms with E-state index in [4.69, 9.17) is 9.29 Å². The van der Waals surface area contributed by atoms with E-state index in [-0.39, 0.29) is 24.7 Å². The molecule has 0 saturated heterocycles. The third-order valence-corrected chi connectivity index (χ3v) is 5.37. The molecule has 0 bridgehead atoms. The molecule has 1 aliphatic carbocycles. The number of ether oxygens (including phenoxy) is 1. The fourth-order valence-electron chi connectivity index (χ4n) is 3.14. The molecule has 0 unspecified atom stereocenters. The molecule has 0 spiro atoms. The van der Waals surface area contributed by atoms with Gasteiger partial charge in [0.1, 0.15) is 4.90 Å². The third-order valence-electron chi connectivity index (χ3n) is 4.38. The van der Waals surface area contributed by atoms with Crippen LogP contribution in [0.25, 0.3) is 0 Å². The Morgan fingerprint density at radius 1 is 1.12 bits per heavy atom. The average Bonchev–Trinajstić information content (AvgIpc) is 2.60. The highest BCUT2D eigenvalue weighted by Gasteiger charge is 2.23. The van der Waals surface area contributed by atoms with Gasteiger partial charge in [-0.05, 0) is 24.5 Å². The first-order valence-corrected chi connectivity index (χ1v) is 9.54. The van der Waals surface area contributed by atoms with Crippen LogP contribution >= 0.6 is 0 Å². The summed E-state index contributed by atoms with van der Waals surface area (Å²) < 4.78 is 37.0. The van der Waals surface area contributed by atoms with Crippen molar-refractivity contribution in [2.75, 3.05) is 6.61 Å². The predicted molar refractivity (Wildman–Crippen MR) is 88.5 cm³/mol. The maximum absolute atomic E-state index is 12.1. The fourth-order valence-corrected chi connectivity index (χ4v) is 3.95. The topological polar surface area (TPSA) is 115 Å². The van der Waals surface area contributed by atoms with Gasteiger partial charge in [0.2, 0.25) is 0 Å². The Bertz CT molecular complexity index is 732. The zero-order valence-corrected chi connectivity index (χ0v) is 14.5. The van der Waals surface area contributed by atoms with Crippen LogP contribution in [0.15, 0.2) is 17.0 Å². The number of hydrogen-bond acceptors (Lipinski definition) is 6. The van der Waals surface area contributed by atoms with Gasteiger partial charge in [0, 0.05) is 11.1 Å². The van der Waals surface area contributed by atoms with Crippen LogP contribution in [0.2, 0.25) is 0 Å². The minimum Gasteiger partial charge on any atom is -0.462 e. The molecule has 1 fully saturated rings. The van der Waals surface area contributed by atoms with E-state index >= 15 is 0 Å². The SMILES string of the molecule is O=Cc1cc(C(=O)OCCC2CCCCC2)cc(C=O)c1S(=O)(=O)O. The number of rotatable bonds is 7. The third kappa shape index (κ3) is 4.96. The van der Waals surface area contributed by atoms with Crippen LogP contribution in [0.5, 0.6) is 0 Å². The van der Waals surface area contributed by atoms with Gasteiger partial charge in [0.25, 0.3) is 10.1 Å². The van der Waals surface area contributed by atoms with E-state index < -0.39 is 32.1 Å². The molecule has 0 heterocycles. The van der Waals surface area contributed by atoms with Crippen LogP contribution in [0, 0.1) is 5.92 Å². The summed E-state index contributed by atoms with van der Waals surface area (Å²) in [5, 5.41) is 0. The van der Waals surface area contributed by atoms with Gasteiger partial charge in [-0.25, -0.2) is 4.79 Å². The lowest BCUT2D eigenvalue weighted by molar-refractivity contribution is 0.0474. The summed E-state index contributed by atoms with van der Waals surface area (Å²) in [6.07, 6.45) is 6.90. The van der Waals surface area contributed by atoms with E-state index in [1.165, 1.54) is 19.3 Å². The summed E-state index contributed by atoms with van der Waals surface area (Å²) in [7, 11) is -4.78. The lowest BCUT2D eigenvalue weighted by Crippen LogP contribution is -2.14. The van der Waals surface area contributed by atoms with Gasteiger partial charge in [-0.3, -0.25) is 14.1 Å². The molecule has 1 aliphatic rings. The van der Waals surface area contributed by atoms with Crippen LogP contribution in [0.3, 0.4) is 0 Å². The Kier molecular flexibility index (Phi) is 6.44. The van der Waals surface area contributed by atoms with Crippen LogP contribution in [0.1, 0.15) is 69.6 Å². The first kappa shape index (κ1) is 19.3. The lowest BCUT2D eigenvalue weighted by atomic mass is 9.87. The molecule has 136 valence electrons. The van der Waals surface area contributed by atoms with Crippen molar-refractivity contribution >= 4 is 28.7 Å². The molecule has 2 rings (SSSR count). The molecule has 1 aromatic carbocycles. The van der Waals surface area contributed by atoms with Gasteiger partial charge in [-0.1, -0.05) is 32.1 Å². The van der Waals surface area contributed by atoms with Crippen molar-refractivity contribution < 1.29 is 32.1 Å². The molecule has 0 aliphatic heterocycles. The lowest BCUT2D eigenvalue weighted by Gasteiger charge is -2.21. The summed E-state index contributed by atoms with van der Waals surface area (Å²) in [4.78, 5) is 33.5. The number of esters is 1. The molecule has 8 heteroatoms. The van der Waals surface area contributed by atoms with E-state index in [1.807, 2.05) is 0 Å². The normalized spacial score (nSPS) is 15.6. The van der Waals surface area contributed by atoms with Gasteiger partial charge in [0.05, 0.1) is 12.2 Å². The van der Waals surface area contributed by atoms with Crippen LogP contribution in [-0.4, -0.2) is 38.1 Å². The molecule has 1 aromatic rings. The van der Waals surface area contributed by atoms with Gasteiger partial charge in [-0.15, -0.1) is 0 Å². The number of carbonyl (C=O) groups excluding carboxylic acids is 3. The van der Waals surface area contributed by atoms with E-state index in [0.29, 0.717) is 5.92 Å². The fraction of sp³-hybridized carbons (Fsp3) is 0.471. The second kappa shape index (κ2) is 8.35. The van der Waals surface area contributed by atoms with Gasteiger partial charge in [-0.2, -0.15) is 8.42 Å². The van der Waals surface area contributed by atoms with Crippen molar-refractivity contribution in [3.05, 3.63) is 28.8 Å². The molecular formula is C17H20O7S. The van der Waals surface area contributed by atoms with Gasteiger partial charge in [0.15, 0.2) is 12.6 Å². The van der Waals surface area contributed by atoms with Crippen LogP contribution in [0.4, 0.5) is 0 Å². The number of aldehydes is 2. The highest BCUT2D eigenvalue weighted by molar-refractivity contribution is 7.86. The average molecular weight is 368 g/mol. The Balaban J connectivity index is 2.14. The molecule has 0 amide bonds. The van der Waals surface area contributed by atoms with Crippen molar-refractivity contribution in [1.29, 1.82) is 0 Å². The van der Waals surface area contributed by atoms with Crippen molar-refractivity contribution in [2.45, 2.75) is 43.4 Å². The predicted octanol–water partition coefficient (Wildman–Crippen LogP) is 2.69. The Labute approximate surface area is 146 Å². The van der Waals surface area contributed by atoms with Gasteiger partial charge < -0.3 is 4.74 Å². The van der Waals surface area contributed by atoms with Crippen molar-refractivity contribution in [1.82, 2.24) is 0 Å². The number of carbonyl (C=O) groups is 3. The largest absolute Gasteiger partial charge is 0.462 e. The molecule has 0 radical (unpaired) electrons. The van der Waals surface area contributed by atoms with Crippen LogP contribution < -0.4 is 0 Å². The summed E-state index contributed by atoms with van der Waals surface area (Å²) in [6.45, 7) is 0.219.